The van der Waals surface area contributed by atoms with Gasteiger partial charge in [0.1, 0.15) is 10.7 Å². The molecule has 1 aromatic carbocycles. The fraction of sp³-hybridized carbons (Fsp3) is 0.353. The topological polar surface area (TPSA) is 85.1 Å². The summed E-state index contributed by atoms with van der Waals surface area (Å²) in [7, 11) is -3.81. The third-order valence-electron chi connectivity index (χ3n) is 4.67. The third kappa shape index (κ3) is 3.38. The molecule has 1 heterocycles. The molecule has 0 aliphatic carbocycles. The molecule has 0 aliphatic rings. The van der Waals surface area contributed by atoms with E-state index in [-0.39, 0.29) is 10.7 Å². The van der Waals surface area contributed by atoms with E-state index in [0.29, 0.717) is 6.54 Å². The van der Waals surface area contributed by atoms with Crippen LogP contribution in [0.2, 0.25) is 0 Å². The maximum absolute atomic E-state index is 11.6. The first-order valence-electron chi connectivity index (χ1n) is 7.42. The molecule has 3 N–H and O–H groups in total. The highest BCUT2D eigenvalue weighted by Crippen LogP contribution is 2.27. The fourth-order valence-electron chi connectivity index (χ4n) is 2.77. The van der Waals surface area contributed by atoms with Gasteiger partial charge in [-0.05, 0) is 80.1 Å². The molecule has 0 atom stereocenters. The number of sulfonamides is 1. The zero-order valence-electron chi connectivity index (χ0n) is 14.2. The number of hydrogen-bond donors (Lipinski definition) is 2. The van der Waals surface area contributed by atoms with Crippen LogP contribution in [0.5, 0.6) is 0 Å². The van der Waals surface area contributed by atoms with Gasteiger partial charge >= 0.3 is 0 Å². The lowest BCUT2D eigenvalue weighted by Crippen LogP contribution is -2.16. The number of nitrogens with one attached hydrogen (secondary N) is 1. The van der Waals surface area contributed by atoms with Crippen LogP contribution in [-0.4, -0.2) is 13.4 Å². The van der Waals surface area contributed by atoms with Crippen molar-refractivity contribution in [3.05, 3.63) is 51.7 Å². The van der Waals surface area contributed by atoms with Crippen molar-refractivity contribution in [2.75, 3.05) is 5.32 Å². The van der Waals surface area contributed by atoms with Gasteiger partial charge in [0.2, 0.25) is 10.0 Å². The molecule has 124 valence electrons. The number of anilines is 1. The van der Waals surface area contributed by atoms with Crippen molar-refractivity contribution < 1.29 is 8.42 Å². The standard InChI is InChI=1S/C17H23N3O2S/c1-10-11(2)13(4)15(14(5)12(10)3)9-20-17-16(23(18,21)22)7-6-8-19-17/h6-8H,9H2,1-5H3,(H,19,20)(H2,18,21,22). The average molecular weight is 333 g/mol. The minimum Gasteiger partial charge on any atom is -0.365 e. The van der Waals surface area contributed by atoms with Gasteiger partial charge in [-0.2, -0.15) is 0 Å². The van der Waals surface area contributed by atoms with Gasteiger partial charge in [-0.1, -0.05) is 0 Å². The van der Waals surface area contributed by atoms with Gasteiger partial charge in [0, 0.05) is 12.7 Å². The van der Waals surface area contributed by atoms with E-state index in [2.05, 4.69) is 44.9 Å². The summed E-state index contributed by atoms with van der Waals surface area (Å²) in [5.74, 6) is 0.282. The van der Waals surface area contributed by atoms with Gasteiger partial charge in [-0.25, -0.2) is 18.5 Å². The van der Waals surface area contributed by atoms with Crippen LogP contribution in [-0.2, 0) is 16.6 Å². The lowest BCUT2D eigenvalue weighted by molar-refractivity contribution is 0.597. The molecule has 2 rings (SSSR count). The van der Waals surface area contributed by atoms with E-state index in [1.54, 1.807) is 12.3 Å². The van der Waals surface area contributed by atoms with Crippen molar-refractivity contribution in [2.24, 2.45) is 5.14 Å². The van der Waals surface area contributed by atoms with E-state index >= 15 is 0 Å². The number of benzene rings is 1. The summed E-state index contributed by atoms with van der Waals surface area (Å²) in [5.41, 5.74) is 7.41. The zero-order valence-corrected chi connectivity index (χ0v) is 15.0. The zero-order chi connectivity index (χ0) is 17.4. The third-order valence-corrected chi connectivity index (χ3v) is 5.61. The first-order chi connectivity index (χ1) is 10.6. The quantitative estimate of drug-likeness (QED) is 0.901. The molecule has 2 aromatic rings. The van der Waals surface area contributed by atoms with Gasteiger partial charge in [-0.3, -0.25) is 0 Å². The molecular weight excluding hydrogens is 310 g/mol. The van der Waals surface area contributed by atoms with Gasteiger partial charge in [0.15, 0.2) is 0 Å². The average Bonchev–Trinajstić information content (AvgIpc) is 2.50. The Balaban J connectivity index is 2.41. The maximum Gasteiger partial charge on any atom is 0.241 e. The molecule has 0 aliphatic heterocycles. The minimum absolute atomic E-state index is 0.0101. The fourth-order valence-corrected chi connectivity index (χ4v) is 3.43. The minimum atomic E-state index is -3.81. The first kappa shape index (κ1) is 17.4. The van der Waals surface area contributed by atoms with Crippen molar-refractivity contribution in [3.8, 4) is 0 Å². The lowest BCUT2D eigenvalue weighted by atomic mass is 9.89. The van der Waals surface area contributed by atoms with E-state index in [1.165, 1.54) is 33.9 Å². The molecule has 0 unspecified atom stereocenters. The molecule has 0 saturated carbocycles. The highest BCUT2D eigenvalue weighted by molar-refractivity contribution is 7.89. The van der Waals surface area contributed by atoms with Crippen LogP contribution < -0.4 is 10.5 Å². The van der Waals surface area contributed by atoms with Gasteiger partial charge in [0.25, 0.3) is 0 Å². The summed E-state index contributed by atoms with van der Waals surface area (Å²) in [6, 6.07) is 3.01. The Labute approximate surface area is 138 Å². The summed E-state index contributed by atoms with van der Waals surface area (Å²) in [6.45, 7) is 11.0. The van der Waals surface area contributed by atoms with Crippen LogP contribution in [0.1, 0.15) is 33.4 Å². The maximum atomic E-state index is 11.6. The van der Waals surface area contributed by atoms with E-state index in [0.717, 1.165) is 5.56 Å². The van der Waals surface area contributed by atoms with Gasteiger partial charge in [-0.15, -0.1) is 0 Å². The monoisotopic (exact) mass is 333 g/mol. The number of hydrogen-bond acceptors (Lipinski definition) is 4. The molecule has 0 amide bonds. The molecule has 23 heavy (non-hydrogen) atoms. The first-order valence-corrected chi connectivity index (χ1v) is 8.96. The van der Waals surface area contributed by atoms with Crippen LogP contribution in [0, 0.1) is 34.6 Å². The number of nitrogens with zero attached hydrogens (tertiary/aromatic N) is 1. The van der Waals surface area contributed by atoms with E-state index in [4.69, 9.17) is 5.14 Å². The Morgan fingerprint density at radius 1 is 1.00 bits per heavy atom. The van der Waals surface area contributed by atoms with E-state index < -0.39 is 10.0 Å². The summed E-state index contributed by atoms with van der Waals surface area (Å²) < 4.78 is 23.3. The van der Waals surface area contributed by atoms with Gasteiger partial charge in [0.05, 0.1) is 0 Å². The summed E-state index contributed by atoms with van der Waals surface area (Å²) in [4.78, 5) is 4.12. The predicted octanol–water partition coefficient (Wildman–Crippen LogP) is 2.88. The number of aromatic nitrogens is 1. The Bertz CT molecular complexity index is 829. The lowest BCUT2D eigenvalue weighted by Gasteiger charge is -2.19. The van der Waals surface area contributed by atoms with Crippen molar-refractivity contribution in [1.29, 1.82) is 0 Å². The summed E-state index contributed by atoms with van der Waals surface area (Å²) in [6.07, 6.45) is 1.54. The van der Waals surface area contributed by atoms with Crippen LogP contribution in [0.15, 0.2) is 23.2 Å². The van der Waals surface area contributed by atoms with Crippen LogP contribution in [0.25, 0.3) is 0 Å². The largest absolute Gasteiger partial charge is 0.365 e. The van der Waals surface area contributed by atoms with Crippen molar-refractivity contribution >= 4 is 15.8 Å². The van der Waals surface area contributed by atoms with E-state index in [1.807, 2.05) is 0 Å². The Morgan fingerprint density at radius 3 is 2.04 bits per heavy atom. The molecule has 0 radical (unpaired) electrons. The Morgan fingerprint density at radius 2 is 1.52 bits per heavy atom. The molecule has 5 nitrogen and oxygen atoms in total. The van der Waals surface area contributed by atoms with Crippen molar-refractivity contribution in [2.45, 2.75) is 46.1 Å². The van der Waals surface area contributed by atoms with Crippen LogP contribution >= 0.6 is 0 Å². The second-order valence-electron chi connectivity index (χ2n) is 5.85. The molecule has 1 aromatic heterocycles. The van der Waals surface area contributed by atoms with Crippen molar-refractivity contribution in [3.63, 3.8) is 0 Å². The molecular formula is C17H23N3O2S. The normalized spacial score (nSPS) is 11.6. The highest BCUT2D eigenvalue weighted by atomic mass is 32.2. The SMILES string of the molecule is Cc1c(C)c(C)c(CNc2ncccc2S(N)(=O)=O)c(C)c1C. The summed E-state index contributed by atoms with van der Waals surface area (Å²) >= 11 is 0. The number of nitrogens with two attached hydrogens (primary N) is 1. The number of rotatable bonds is 4. The molecule has 0 saturated heterocycles. The van der Waals surface area contributed by atoms with E-state index in [9.17, 15) is 8.42 Å². The Kier molecular flexibility index (Phi) is 4.77. The molecule has 0 fully saturated rings. The predicted molar refractivity (Wildman–Crippen MR) is 93.1 cm³/mol. The highest BCUT2D eigenvalue weighted by Gasteiger charge is 2.16. The van der Waals surface area contributed by atoms with Crippen molar-refractivity contribution in [1.82, 2.24) is 4.98 Å². The van der Waals surface area contributed by atoms with Gasteiger partial charge < -0.3 is 5.32 Å². The molecule has 0 bridgehead atoms. The van der Waals surface area contributed by atoms with Crippen LogP contribution in [0.3, 0.4) is 0 Å². The number of pyridine rings is 1. The Hall–Kier alpha value is -1.92. The van der Waals surface area contributed by atoms with Crippen LogP contribution in [0.4, 0.5) is 5.82 Å². The number of primary sulfonamides is 1. The second kappa shape index (κ2) is 6.29. The molecule has 0 spiro atoms. The smallest absolute Gasteiger partial charge is 0.241 e. The summed E-state index contributed by atoms with van der Waals surface area (Å²) in [5, 5.41) is 8.37. The molecule has 6 heteroatoms. The second-order valence-corrected chi connectivity index (χ2v) is 7.38.